The Morgan fingerprint density at radius 1 is 1.04 bits per heavy atom. The minimum Gasteiger partial charge on any atom is -0.426 e. The first-order chi connectivity index (χ1) is 10.8. The summed E-state index contributed by atoms with van der Waals surface area (Å²) in [5.74, 6) is -0.761. The lowest BCUT2D eigenvalue weighted by Gasteiger charge is -2.22. The molecule has 0 aliphatic heterocycles. The van der Waals surface area contributed by atoms with E-state index in [1.54, 1.807) is 12.1 Å². The second-order valence-electron chi connectivity index (χ2n) is 5.16. The van der Waals surface area contributed by atoms with Gasteiger partial charge in [-0.15, -0.1) is 0 Å². The van der Waals surface area contributed by atoms with Gasteiger partial charge in [0.05, 0.1) is 5.57 Å². The van der Waals surface area contributed by atoms with Crippen LogP contribution >= 0.6 is 0 Å². The number of ketones is 2. The monoisotopic (exact) mass is 317 g/mol. The molecule has 0 heterocycles. The summed E-state index contributed by atoms with van der Waals surface area (Å²) in [7, 11) is 0. The van der Waals surface area contributed by atoms with Crippen molar-refractivity contribution in [1.82, 2.24) is 0 Å². The van der Waals surface area contributed by atoms with Crippen LogP contribution in [0.2, 0.25) is 0 Å². The summed E-state index contributed by atoms with van der Waals surface area (Å²) in [6.45, 7) is 9.69. The predicted molar refractivity (Wildman–Crippen MR) is 90.7 cm³/mol. The zero-order valence-electron chi connectivity index (χ0n) is 14.3. The van der Waals surface area contributed by atoms with Gasteiger partial charge >= 0.3 is 5.97 Å². The van der Waals surface area contributed by atoms with Crippen molar-refractivity contribution in [2.24, 2.45) is 0 Å². The third kappa shape index (κ3) is 5.06. The van der Waals surface area contributed by atoms with Gasteiger partial charge in [-0.2, -0.15) is 0 Å². The molecule has 5 nitrogen and oxygen atoms in total. The Morgan fingerprint density at radius 3 is 2.04 bits per heavy atom. The quantitative estimate of drug-likeness (QED) is 0.254. The van der Waals surface area contributed by atoms with Gasteiger partial charge in [-0.1, -0.05) is 0 Å². The lowest BCUT2D eigenvalue weighted by molar-refractivity contribution is -0.132. The van der Waals surface area contributed by atoms with E-state index in [4.69, 9.17) is 4.74 Å². The molecule has 23 heavy (non-hydrogen) atoms. The van der Waals surface area contributed by atoms with Crippen molar-refractivity contribution < 1.29 is 19.1 Å². The topological polar surface area (TPSA) is 63.7 Å². The number of benzene rings is 1. The molecular weight excluding hydrogens is 294 g/mol. The number of anilines is 1. The van der Waals surface area contributed by atoms with Gasteiger partial charge in [-0.05, 0) is 45.9 Å². The molecule has 0 saturated heterocycles. The number of ether oxygens (including phenoxy) is 1. The van der Waals surface area contributed by atoms with Crippen molar-refractivity contribution in [2.75, 3.05) is 18.0 Å². The Hall–Kier alpha value is -2.43. The second kappa shape index (κ2) is 8.27. The Morgan fingerprint density at radius 2 is 1.61 bits per heavy atom. The van der Waals surface area contributed by atoms with E-state index in [1.807, 2.05) is 19.9 Å². The molecule has 0 unspecified atom stereocenters. The molecule has 0 spiro atoms. The Bertz CT molecular complexity index is 626. The predicted octanol–water partition coefficient (Wildman–Crippen LogP) is 3.02. The summed E-state index contributed by atoms with van der Waals surface area (Å²) in [5, 5.41) is 0. The van der Waals surface area contributed by atoms with Gasteiger partial charge in [0.1, 0.15) is 5.75 Å². The molecule has 0 aliphatic rings. The van der Waals surface area contributed by atoms with E-state index in [1.165, 1.54) is 26.8 Å². The van der Waals surface area contributed by atoms with Crippen molar-refractivity contribution in [2.45, 2.75) is 34.6 Å². The zero-order valence-corrected chi connectivity index (χ0v) is 14.3. The molecule has 124 valence electrons. The van der Waals surface area contributed by atoms with E-state index in [2.05, 4.69) is 4.90 Å². The van der Waals surface area contributed by atoms with E-state index >= 15 is 0 Å². The minimum absolute atomic E-state index is 0.0778. The van der Waals surface area contributed by atoms with E-state index < -0.39 is 5.97 Å². The van der Waals surface area contributed by atoms with Crippen molar-refractivity contribution >= 4 is 29.3 Å². The van der Waals surface area contributed by atoms with Crippen molar-refractivity contribution in [3.05, 3.63) is 29.3 Å². The Kier molecular flexibility index (Phi) is 6.69. The fourth-order valence-corrected chi connectivity index (χ4v) is 2.28. The van der Waals surface area contributed by atoms with Crippen LogP contribution in [0, 0.1) is 0 Å². The van der Waals surface area contributed by atoms with Gasteiger partial charge in [0.2, 0.25) is 0 Å². The Balaban J connectivity index is 3.41. The van der Waals surface area contributed by atoms with Crippen LogP contribution in [-0.2, 0) is 14.4 Å². The number of allylic oxidation sites excluding steroid dienone is 1. The van der Waals surface area contributed by atoms with E-state index in [0.717, 1.165) is 18.8 Å². The second-order valence-corrected chi connectivity index (χ2v) is 5.16. The van der Waals surface area contributed by atoms with Gasteiger partial charge < -0.3 is 9.64 Å². The summed E-state index contributed by atoms with van der Waals surface area (Å²) in [6.07, 6.45) is 1.47. The average molecular weight is 317 g/mol. The van der Waals surface area contributed by atoms with Crippen molar-refractivity contribution in [1.29, 1.82) is 0 Å². The number of Topliss-reactive ketones (excluding diaryl/α,β-unsaturated/α-hetero) is 2. The molecule has 0 amide bonds. The average Bonchev–Trinajstić information content (AvgIpc) is 2.46. The van der Waals surface area contributed by atoms with Crippen LogP contribution in [0.3, 0.4) is 0 Å². The third-order valence-electron chi connectivity index (χ3n) is 3.44. The number of hydrogen-bond donors (Lipinski definition) is 0. The molecule has 0 N–H and O–H groups in total. The molecule has 0 aromatic heterocycles. The van der Waals surface area contributed by atoms with E-state index in [-0.39, 0.29) is 17.1 Å². The number of esters is 1. The van der Waals surface area contributed by atoms with E-state index in [0.29, 0.717) is 11.3 Å². The van der Waals surface area contributed by atoms with Crippen LogP contribution in [0.4, 0.5) is 5.69 Å². The van der Waals surface area contributed by atoms with Gasteiger partial charge in [0, 0.05) is 37.3 Å². The number of nitrogens with zero attached hydrogens (tertiary/aromatic N) is 1. The lowest BCUT2D eigenvalue weighted by atomic mass is 10.0. The first-order valence-electron chi connectivity index (χ1n) is 7.61. The summed E-state index contributed by atoms with van der Waals surface area (Å²) < 4.78 is 5.25. The molecular formula is C18H23NO4. The molecule has 0 bridgehead atoms. The fourth-order valence-electron chi connectivity index (χ4n) is 2.28. The van der Waals surface area contributed by atoms with E-state index in [9.17, 15) is 14.4 Å². The summed E-state index contributed by atoms with van der Waals surface area (Å²) in [6, 6.07) is 5.37. The summed E-state index contributed by atoms with van der Waals surface area (Å²) in [4.78, 5) is 36.6. The number of rotatable bonds is 7. The maximum Gasteiger partial charge on any atom is 0.308 e. The Labute approximate surface area is 136 Å². The van der Waals surface area contributed by atoms with Crippen LogP contribution in [0.1, 0.15) is 40.2 Å². The molecule has 5 heteroatoms. The highest BCUT2D eigenvalue weighted by Gasteiger charge is 2.14. The number of carbonyl (C=O) groups is 3. The fraction of sp³-hybridized carbons (Fsp3) is 0.389. The minimum atomic E-state index is -0.455. The lowest BCUT2D eigenvalue weighted by Crippen LogP contribution is -2.21. The molecule has 1 rings (SSSR count). The molecule has 0 atom stereocenters. The summed E-state index contributed by atoms with van der Waals surface area (Å²) in [5.41, 5.74) is 1.51. The molecule has 0 aliphatic carbocycles. The largest absolute Gasteiger partial charge is 0.426 e. The number of carbonyl (C=O) groups excluding carboxylic acids is 3. The highest BCUT2D eigenvalue weighted by molar-refractivity contribution is 6.21. The normalized spacial score (nSPS) is 9.96. The van der Waals surface area contributed by atoms with Gasteiger partial charge in [-0.3, -0.25) is 14.4 Å². The van der Waals surface area contributed by atoms with Gasteiger partial charge in [-0.25, -0.2) is 0 Å². The first-order valence-corrected chi connectivity index (χ1v) is 7.61. The SMILES string of the molecule is CCN(CC)c1ccc(C=C(C(C)=O)C(C)=O)c(OC(C)=O)c1. The van der Waals surface area contributed by atoms with Crippen LogP contribution in [0.15, 0.2) is 23.8 Å². The zero-order chi connectivity index (χ0) is 17.6. The first kappa shape index (κ1) is 18.6. The standard InChI is InChI=1S/C18H23NO4/c1-6-19(7-2)16-9-8-15(18(11-16)23-14(5)22)10-17(12(3)20)13(4)21/h8-11H,6-7H2,1-5H3. The van der Waals surface area contributed by atoms with Crippen LogP contribution in [0.25, 0.3) is 6.08 Å². The highest BCUT2D eigenvalue weighted by atomic mass is 16.5. The van der Waals surface area contributed by atoms with Crippen LogP contribution in [-0.4, -0.2) is 30.6 Å². The maximum absolute atomic E-state index is 11.6. The molecule has 1 aromatic carbocycles. The summed E-state index contributed by atoms with van der Waals surface area (Å²) >= 11 is 0. The van der Waals surface area contributed by atoms with Gasteiger partial charge in [0.15, 0.2) is 11.6 Å². The molecule has 0 saturated carbocycles. The van der Waals surface area contributed by atoms with Crippen molar-refractivity contribution in [3.8, 4) is 5.75 Å². The van der Waals surface area contributed by atoms with Gasteiger partial charge in [0.25, 0.3) is 0 Å². The molecule has 0 radical (unpaired) electrons. The maximum atomic E-state index is 11.6. The van der Waals surface area contributed by atoms with Crippen LogP contribution < -0.4 is 9.64 Å². The highest BCUT2D eigenvalue weighted by Crippen LogP contribution is 2.28. The number of hydrogen-bond acceptors (Lipinski definition) is 5. The smallest absolute Gasteiger partial charge is 0.308 e. The van der Waals surface area contributed by atoms with Crippen LogP contribution in [0.5, 0.6) is 5.75 Å². The van der Waals surface area contributed by atoms with Crippen molar-refractivity contribution in [3.63, 3.8) is 0 Å². The third-order valence-corrected chi connectivity index (χ3v) is 3.44. The molecule has 1 aromatic rings. The molecule has 0 fully saturated rings.